The van der Waals surface area contributed by atoms with Crippen LogP contribution in [0.25, 0.3) is 6.08 Å². The minimum Gasteiger partial charge on any atom is -0.495 e. The van der Waals surface area contributed by atoms with Gasteiger partial charge in [-0.2, -0.15) is 0 Å². The average molecular weight is 206 g/mol. The summed E-state index contributed by atoms with van der Waals surface area (Å²) in [5.74, 6) is 0.791. The fourth-order valence-electron chi connectivity index (χ4n) is 1.16. The van der Waals surface area contributed by atoms with E-state index < -0.39 is 0 Å². The number of hydrogen-bond donors (Lipinski definition) is 1. The summed E-state index contributed by atoms with van der Waals surface area (Å²) >= 11 is 0. The van der Waals surface area contributed by atoms with E-state index in [1.807, 2.05) is 19.3 Å². The smallest absolute Gasteiger partial charge is 0.137 e. The quantitative estimate of drug-likeness (QED) is 0.801. The summed E-state index contributed by atoms with van der Waals surface area (Å²) in [6, 6.07) is 2.47. The van der Waals surface area contributed by atoms with E-state index in [1.54, 1.807) is 13.3 Å². The van der Waals surface area contributed by atoms with E-state index in [-0.39, 0.29) is 0 Å². The molecule has 0 saturated heterocycles. The molecule has 0 bridgehead atoms. The van der Waals surface area contributed by atoms with Gasteiger partial charge in [-0.1, -0.05) is 12.2 Å². The Labute approximate surface area is 91.2 Å². The third kappa shape index (κ3) is 4.13. The fourth-order valence-corrected chi connectivity index (χ4v) is 1.16. The second kappa shape index (κ2) is 6.19. The van der Waals surface area contributed by atoms with Crippen LogP contribution >= 0.6 is 0 Å². The molecule has 0 spiro atoms. The Bertz CT molecular complexity index is 323. The van der Waals surface area contributed by atoms with Crippen molar-refractivity contribution in [2.75, 3.05) is 14.2 Å². The molecular formula is C12H18N2O. The zero-order chi connectivity index (χ0) is 11.1. The maximum absolute atomic E-state index is 5.09. The van der Waals surface area contributed by atoms with E-state index in [4.69, 9.17) is 4.74 Å². The molecule has 0 fully saturated rings. The zero-order valence-corrected chi connectivity index (χ0v) is 9.53. The number of ether oxygens (including phenoxy) is 1. The third-order valence-corrected chi connectivity index (χ3v) is 2.26. The molecule has 0 radical (unpaired) electrons. The predicted octanol–water partition coefficient (Wildman–Crippen LogP) is 2.10. The minimum absolute atomic E-state index is 0.500. The molecule has 1 atom stereocenters. The molecule has 0 unspecified atom stereocenters. The zero-order valence-electron chi connectivity index (χ0n) is 9.53. The number of nitrogens with one attached hydrogen (secondary N) is 1. The van der Waals surface area contributed by atoms with Crippen molar-refractivity contribution >= 4 is 6.08 Å². The largest absolute Gasteiger partial charge is 0.495 e. The van der Waals surface area contributed by atoms with Crippen molar-refractivity contribution in [1.29, 1.82) is 0 Å². The topological polar surface area (TPSA) is 34.2 Å². The standard InChI is InChI=1S/C12H18N2O/c1-10(13-2)5-4-6-11-7-12(15-3)9-14-8-11/h4,6-10,13H,5H2,1-3H3/b6-4+/t10-/m0/s1. The lowest BCUT2D eigenvalue weighted by molar-refractivity contribution is 0.413. The number of methoxy groups -OCH3 is 1. The van der Waals surface area contributed by atoms with Crippen molar-refractivity contribution in [3.8, 4) is 5.75 Å². The number of pyridine rings is 1. The van der Waals surface area contributed by atoms with Gasteiger partial charge in [0.2, 0.25) is 0 Å². The van der Waals surface area contributed by atoms with Gasteiger partial charge in [-0.05, 0) is 32.0 Å². The molecule has 3 nitrogen and oxygen atoms in total. The monoisotopic (exact) mass is 206 g/mol. The maximum atomic E-state index is 5.09. The van der Waals surface area contributed by atoms with Gasteiger partial charge in [-0.3, -0.25) is 4.98 Å². The van der Waals surface area contributed by atoms with Gasteiger partial charge < -0.3 is 10.1 Å². The van der Waals surface area contributed by atoms with E-state index in [0.29, 0.717) is 6.04 Å². The molecule has 1 aromatic rings. The molecule has 1 rings (SSSR count). The van der Waals surface area contributed by atoms with Crippen molar-refractivity contribution in [3.63, 3.8) is 0 Å². The molecule has 15 heavy (non-hydrogen) atoms. The van der Waals surface area contributed by atoms with Crippen LogP contribution < -0.4 is 10.1 Å². The van der Waals surface area contributed by atoms with Gasteiger partial charge in [0.1, 0.15) is 5.75 Å². The Morgan fingerprint density at radius 3 is 3.00 bits per heavy atom. The fraction of sp³-hybridized carbons (Fsp3) is 0.417. The SMILES string of the molecule is CN[C@@H](C)C/C=C/c1cncc(OC)c1. The van der Waals surface area contributed by atoms with Gasteiger partial charge in [-0.25, -0.2) is 0 Å². The molecule has 0 aliphatic heterocycles. The Balaban J connectivity index is 2.56. The van der Waals surface area contributed by atoms with E-state index >= 15 is 0 Å². The summed E-state index contributed by atoms with van der Waals surface area (Å²) in [6.45, 7) is 2.15. The summed E-state index contributed by atoms with van der Waals surface area (Å²) < 4.78 is 5.09. The summed E-state index contributed by atoms with van der Waals surface area (Å²) in [7, 11) is 3.61. The second-order valence-corrected chi connectivity index (χ2v) is 3.49. The van der Waals surface area contributed by atoms with Gasteiger partial charge >= 0.3 is 0 Å². The van der Waals surface area contributed by atoms with Crippen molar-refractivity contribution in [3.05, 3.63) is 30.1 Å². The molecular weight excluding hydrogens is 188 g/mol. The lowest BCUT2D eigenvalue weighted by Gasteiger charge is -2.05. The Morgan fingerprint density at radius 1 is 1.53 bits per heavy atom. The Kier molecular flexibility index (Phi) is 4.84. The number of aromatic nitrogens is 1. The maximum Gasteiger partial charge on any atom is 0.137 e. The molecule has 1 N–H and O–H groups in total. The van der Waals surface area contributed by atoms with Crippen LogP contribution in [-0.4, -0.2) is 25.2 Å². The minimum atomic E-state index is 0.500. The number of rotatable bonds is 5. The summed E-state index contributed by atoms with van der Waals surface area (Å²) in [5.41, 5.74) is 1.07. The third-order valence-electron chi connectivity index (χ3n) is 2.26. The van der Waals surface area contributed by atoms with E-state index in [2.05, 4.69) is 29.4 Å². The lowest BCUT2D eigenvalue weighted by Crippen LogP contribution is -2.19. The normalized spacial score (nSPS) is 13.0. The summed E-state index contributed by atoms with van der Waals surface area (Å²) in [5, 5.41) is 3.18. The molecule has 82 valence electrons. The number of hydrogen-bond acceptors (Lipinski definition) is 3. The van der Waals surface area contributed by atoms with Crippen molar-refractivity contribution in [2.24, 2.45) is 0 Å². The first-order valence-electron chi connectivity index (χ1n) is 5.09. The van der Waals surface area contributed by atoms with Gasteiger partial charge in [0.15, 0.2) is 0 Å². The highest BCUT2D eigenvalue weighted by atomic mass is 16.5. The summed E-state index contributed by atoms with van der Waals surface area (Å²) in [6.07, 6.45) is 8.73. The van der Waals surface area contributed by atoms with Crippen LogP contribution in [0.15, 0.2) is 24.5 Å². The van der Waals surface area contributed by atoms with Gasteiger partial charge in [0.05, 0.1) is 13.3 Å². The molecule has 0 saturated carbocycles. The Hall–Kier alpha value is -1.35. The van der Waals surface area contributed by atoms with Gasteiger partial charge in [-0.15, -0.1) is 0 Å². The van der Waals surface area contributed by atoms with Crippen LogP contribution in [0.4, 0.5) is 0 Å². The highest BCUT2D eigenvalue weighted by Crippen LogP contribution is 2.11. The first kappa shape index (κ1) is 11.7. The highest BCUT2D eigenvalue weighted by molar-refractivity contribution is 5.49. The molecule has 0 aliphatic carbocycles. The van der Waals surface area contributed by atoms with Crippen LogP contribution in [0.5, 0.6) is 5.75 Å². The highest BCUT2D eigenvalue weighted by Gasteiger charge is 1.94. The summed E-state index contributed by atoms with van der Waals surface area (Å²) in [4.78, 5) is 4.08. The molecule has 1 aromatic heterocycles. The van der Waals surface area contributed by atoms with Gasteiger partial charge in [0, 0.05) is 12.2 Å². The van der Waals surface area contributed by atoms with E-state index in [0.717, 1.165) is 17.7 Å². The second-order valence-electron chi connectivity index (χ2n) is 3.49. The molecule has 0 amide bonds. The van der Waals surface area contributed by atoms with Crippen LogP contribution in [0.2, 0.25) is 0 Å². The van der Waals surface area contributed by atoms with Crippen LogP contribution in [-0.2, 0) is 0 Å². The predicted molar refractivity (Wildman–Crippen MR) is 63.0 cm³/mol. The van der Waals surface area contributed by atoms with Crippen molar-refractivity contribution in [2.45, 2.75) is 19.4 Å². The Morgan fingerprint density at radius 2 is 2.33 bits per heavy atom. The van der Waals surface area contributed by atoms with E-state index in [1.165, 1.54) is 0 Å². The van der Waals surface area contributed by atoms with Gasteiger partial charge in [0.25, 0.3) is 0 Å². The first-order valence-corrected chi connectivity index (χ1v) is 5.09. The molecule has 1 heterocycles. The molecule has 3 heteroatoms. The number of nitrogens with zero attached hydrogens (tertiary/aromatic N) is 1. The van der Waals surface area contributed by atoms with Crippen LogP contribution in [0, 0.1) is 0 Å². The van der Waals surface area contributed by atoms with E-state index in [9.17, 15) is 0 Å². The molecule has 0 aromatic carbocycles. The van der Waals surface area contributed by atoms with Crippen LogP contribution in [0.1, 0.15) is 18.9 Å². The van der Waals surface area contributed by atoms with Crippen LogP contribution in [0.3, 0.4) is 0 Å². The van der Waals surface area contributed by atoms with Crippen molar-refractivity contribution < 1.29 is 4.74 Å². The van der Waals surface area contributed by atoms with Crippen molar-refractivity contribution in [1.82, 2.24) is 10.3 Å². The lowest BCUT2D eigenvalue weighted by atomic mass is 10.2. The average Bonchev–Trinajstić information content (AvgIpc) is 2.29. The molecule has 0 aliphatic rings. The first-order chi connectivity index (χ1) is 7.26.